The van der Waals surface area contributed by atoms with Crippen LogP contribution in [-0.2, 0) is 11.8 Å². The molecule has 1 aromatic heterocycles. The summed E-state index contributed by atoms with van der Waals surface area (Å²) in [5, 5.41) is 7.19. The molecule has 0 spiro atoms. The lowest BCUT2D eigenvalue weighted by atomic mass is 9.88. The van der Waals surface area contributed by atoms with E-state index in [2.05, 4.69) is 10.4 Å². The second-order valence-electron chi connectivity index (χ2n) is 5.74. The Morgan fingerprint density at radius 3 is 2.43 bits per heavy atom. The molecule has 1 amide bonds. The number of aromatic nitrogens is 2. The minimum absolute atomic E-state index is 0. The van der Waals surface area contributed by atoms with Gasteiger partial charge in [-0.15, -0.1) is 12.4 Å². The van der Waals surface area contributed by atoms with Crippen molar-refractivity contribution < 1.29 is 9.53 Å². The number of carbonyl (C=O) groups excluding carboxylic acids is 1. The van der Waals surface area contributed by atoms with E-state index in [1.54, 1.807) is 4.68 Å². The van der Waals surface area contributed by atoms with Crippen LogP contribution in [0.15, 0.2) is 0 Å². The molecule has 122 valence electrons. The summed E-state index contributed by atoms with van der Waals surface area (Å²) in [6.45, 7) is 10.1. The minimum Gasteiger partial charge on any atom is -0.480 e. The van der Waals surface area contributed by atoms with Crippen LogP contribution in [0.5, 0.6) is 5.75 Å². The summed E-state index contributed by atoms with van der Waals surface area (Å²) in [6, 6.07) is 0. The molecule has 21 heavy (non-hydrogen) atoms. The molecule has 0 aliphatic carbocycles. The van der Waals surface area contributed by atoms with Gasteiger partial charge < -0.3 is 15.8 Å². The van der Waals surface area contributed by atoms with E-state index in [0.29, 0.717) is 12.3 Å². The van der Waals surface area contributed by atoms with E-state index in [9.17, 15) is 4.79 Å². The summed E-state index contributed by atoms with van der Waals surface area (Å²) < 4.78 is 7.32. The molecule has 0 aliphatic heterocycles. The van der Waals surface area contributed by atoms with Gasteiger partial charge in [0.05, 0.1) is 11.2 Å². The number of nitrogens with two attached hydrogens (primary N) is 1. The molecule has 1 aromatic rings. The molecule has 0 aliphatic rings. The van der Waals surface area contributed by atoms with E-state index in [-0.39, 0.29) is 30.8 Å². The molecule has 1 atom stereocenters. The van der Waals surface area contributed by atoms with E-state index >= 15 is 0 Å². The fourth-order valence-electron chi connectivity index (χ4n) is 1.89. The quantitative estimate of drug-likeness (QED) is 0.829. The van der Waals surface area contributed by atoms with E-state index in [1.165, 1.54) is 0 Å². The Kier molecular flexibility index (Phi) is 7.19. The van der Waals surface area contributed by atoms with Gasteiger partial charge >= 0.3 is 0 Å². The van der Waals surface area contributed by atoms with Crippen LogP contribution in [0.3, 0.4) is 0 Å². The van der Waals surface area contributed by atoms with Crippen molar-refractivity contribution in [1.82, 2.24) is 15.1 Å². The van der Waals surface area contributed by atoms with Crippen molar-refractivity contribution in [3.8, 4) is 5.75 Å². The average Bonchev–Trinajstić information content (AvgIpc) is 2.61. The highest BCUT2D eigenvalue weighted by molar-refractivity contribution is 5.85. The summed E-state index contributed by atoms with van der Waals surface area (Å²) in [4.78, 5) is 12.0. The largest absolute Gasteiger partial charge is 0.480 e. The van der Waals surface area contributed by atoms with Gasteiger partial charge in [-0.05, 0) is 26.7 Å². The number of nitrogens with one attached hydrogen (secondary N) is 1. The SMILES string of the molecule is Cc1nn(C)c(C)c1OCC(=O)NC(C)(CN)C(C)C.Cl. The summed E-state index contributed by atoms with van der Waals surface area (Å²) >= 11 is 0. The Bertz CT molecular complexity index is 488. The van der Waals surface area contributed by atoms with Crippen LogP contribution in [0, 0.1) is 19.8 Å². The Morgan fingerprint density at radius 1 is 1.48 bits per heavy atom. The van der Waals surface area contributed by atoms with Crippen LogP contribution in [-0.4, -0.2) is 34.4 Å². The molecular weight excluding hydrogens is 292 g/mol. The molecule has 0 saturated heterocycles. The van der Waals surface area contributed by atoms with Crippen LogP contribution in [0.1, 0.15) is 32.2 Å². The minimum atomic E-state index is -0.417. The zero-order valence-electron chi connectivity index (χ0n) is 13.7. The lowest BCUT2D eigenvalue weighted by molar-refractivity contribution is -0.125. The fraction of sp³-hybridized carbons (Fsp3) is 0.714. The highest BCUT2D eigenvalue weighted by Gasteiger charge is 2.28. The molecule has 1 heterocycles. The predicted octanol–water partition coefficient (Wildman–Crippen LogP) is 1.33. The van der Waals surface area contributed by atoms with Crippen molar-refractivity contribution in [2.24, 2.45) is 18.7 Å². The summed E-state index contributed by atoms with van der Waals surface area (Å²) in [7, 11) is 1.85. The molecule has 0 bridgehead atoms. The highest BCUT2D eigenvalue weighted by atomic mass is 35.5. The van der Waals surface area contributed by atoms with Crippen molar-refractivity contribution in [1.29, 1.82) is 0 Å². The first-order valence-corrected chi connectivity index (χ1v) is 6.85. The van der Waals surface area contributed by atoms with Gasteiger partial charge in [0, 0.05) is 13.6 Å². The number of amides is 1. The lowest BCUT2D eigenvalue weighted by Gasteiger charge is -2.33. The number of hydrogen-bond acceptors (Lipinski definition) is 4. The van der Waals surface area contributed by atoms with Gasteiger partial charge in [-0.3, -0.25) is 9.48 Å². The van der Waals surface area contributed by atoms with Gasteiger partial charge in [0.25, 0.3) is 5.91 Å². The third-order valence-electron chi connectivity index (χ3n) is 3.91. The second kappa shape index (κ2) is 7.66. The Labute approximate surface area is 132 Å². The number of ether oxygens (including phenoxy) is 1. The molecule has 3 N–H and O–H groups in total. The zero-order chi connectivity index (χ0) is 15.5. The van der Waals surface area contributed by atoms with Crippen molar-refractivity contribution in [3.63, 3.8) is 0 Å². The Morgan fingerprint density at radius 2 is 2.05 bits per heavy atom. The number of aryl methyl sites for hydroxylation is 2. The van der Waals surface area contributed by atoms with Crippen LogP contribution < -0.4 is 15.8 Å². The molecule has 6 nitrogen and oxygen atoms in total. The van der Waals surface area contributed by atoms with Crippen molar-refractivity contribution in [2.45, 2.75) is 40.2 Å². The fourth-order valence-corrected chi connectivity index (χ4v) is 1.89. The maximum absolute atomic E-state index is 12.0. The highest BCUT2D eigenvalue weighted by Crippen LogP contribution is 2.21. The molecule has 0 aromatic carbocycles. The lowest BCUT2D eigenvalue weighted by Crippen LogP contribution is -2.56. The number of carbonyl (C=O) groups is 1. The van der Waals surface area contributed by atoms with E-state index in [0.717, 1.165) is 11.4 Å². The normalized spacial score (nSPS) is 13.5. The first-order chi connectivity index (χ1) is 9.21. The summed E-state index contributed by atoms with van der Waals surface area (Å²) in [5.41, 5.74) is 7.01. The Hall–Kier alpha value is -1.27. The molecule has 0 saturated carbocycles. The first-order valence-electron chi connectivity index (χ1n) is 6.85. The van der Waals surface area contributed by atoms with Crippen molar-refractivity contribution in [3.05, 3.63) is 11.4 Å². The van der Waals surface area contributed by atoms with Crippen LogP contribution in [0.4, 0.5) is 0 Å². The van der Waals surface area contributed by atoms with Crippen molar-refractivity contribution >= 4 is 18.3 Å². The molecule has 1 rings (SSSR count). The first kappa shape index (κ1) is 19.7. The van der Waals surface area contributed by atoms with Gasteiger partial charge in [-0.25, -0.2) is 0 Å². The topological polar surface area (TPSA) is 82.2 Å². The van der Waals surface area contributed by atoms with Gasteiger partial charge in [0.2, 0.25) is 0 Å². The molecule has 7 heteroatoms. The number of rotatable bonds is 6. The van der Waals surface area contributed by atoms with Gasteiger partial charge in [-0.2, -0.15) is 5.10 Å². The smallest absolute Gasteiger partial charge is 0.258 e. The molecule has 0 radical (unpaired) electrons. The number of hydrogen-bond donors (Lipinski definition) is 2. The summed E-state index contributed by atoms with van der Waals surface area (Å²) in [5.74, 6) is 0.745. The summed E-state index contributed by atoms with van der Waals surface area (Å²) in [6.07, 6.45) is 0. The van der Waals surface area contributed by atoms with E-state index in [1.807, 2.05) is 41.7 Å². The number of halogens is 1. The van der Waals surface area contributed by atoms with E-state index in [4.69, 9.17) is 10.5 Å². The van der Waals surface area contributed by atoms with Crippen molar-refractivity contribution in [2.75, 3.05) is 13.2 Å². The van der Waals surface area contributed by atoms with E-state index < -0.39 is 5.54 Å². The van der Waals surface area contributed by atoms with Crippen LogP contribution >= 0.6 is 12.4 Å². The average molecular weight is 319 g/mol. The number of nitrogens with zero attached hydrogens (tertiary/aromatic N) is 2. The van der Waals surface area contributed by atoms with Crippen LogP contribution in [0.25, 0.3) is 0 Å². The monoisotopic (exact) mass is 318 g/mol. The molecule has 0 fully saturated rings. The predicted molar refractivity (Wildman–Crippen MR) is 85.9 cm³/mol. The maximum Gasteiger partial charge on any atom is 0.258 e. The van der Waals surface area contributed by atoms with Crippen LogP contribution in [0.2, 0.25) is 0 Å². The molecule has 1 unspecified atom stereocenters. The zero-order valence-corrected chi connectivity index (χ0v) is 14.5. The third kappa shape index (κ3) is 4.61. The maximum atomic E-state index is 12.0. The van der Waals surface area contributed by atoms with Gasteiger partial charge in [-0.1, -0.05) is 13.8 Å². The second-order valence-corrected chi connectivity index (χ2v) is 5.74. The van der Waals surface area contributed by atoms with Gasteiger partial charge in [0.15, 0.2) is 12.4 Å². The third-order valence-corrected chi connectivity index (χ3v) is 3.91. The standard InChI is InChI=1S/C14H26N4O2.ClH/c1-9(2)14(5,8-15)16-12(19)7-20-13-10(3)17-18(6)11(13)4;/h9H,7-8,15H2,1-6H3,(H,16,19);1H. The molecular formula is C14H27ClN4O2. The van der Waals surface area contributed by atoms with Gasteiger partial charge in [0.1, 0.15) is 5.69 Å². The Balaban J connectivity index is 0.00000400.